The van der Waals surface area contributed by atoms with Crippen LogP contribution in [-0.4, -0.2) is 40.1 Å². The molecule has 0 spiro atoms. The molecular formula is C19H21NO6. The molecule has 2 aromatic rings. The van der Waals surface area contributed by atoms with Gasteiger partial charge in [-0.05, 0) is 35.9 Å². The van der Waals surface area contributed by atoms with Crippen LogP contribution >= 0.6 is 0 Å². The standard InChI is InChI=1S/C19H21NO6/c1-23-15-6-4-13(8-17(15)25-3)10-20-19(22)12-26-18-9-14(11-21)5-7-16(18)24-2/h4-9,11H,10,12H2,1-3H3,(H,20,22). The number of carbonyl (C=O) groups excluding carboxylic acids is 2. The van der Waals surface area contributed by atoms with Gasteiger partial charge >= 0.3 is 0 Å². The highest BCUT2D eigenvalue weighted by Gasteiger charge is 2.10. The normalized spacial score (nSPS) is 9.96. The lowest BCUT2D eigenvalue weighted by molar-refractivity contribution is -0.123. The fourth-order valence-electron chi connectivity index (χ4n) is 2.26. The van der Waals surface area contributed by atoms with Crippen molar-refractivity contribution in [2.75, 3.05) is 27.9 Å². The lowest BCUT2D eigenvalue weighted by Crippen LogP contribution is -2.28. The van der Waals surface area contributed by atoms with Crippen LogP contribution in [-0.2, 0) is 11.3 Å². The minimum atomic E-state index is -0.307. The molecule has 0 unspecified atom stereocenters. The molecule has 2 rings (SSSR count). The second-order valence-corrected chi connectivity index (χ2v) is 5.28. The van der Waals surface area contributed by atoms with E-state index in [0.717, 1.165) is 5.56 Å². The molecule has 0 aliphatic carbocycles. The van der Waals surface area contributed by atoms with E-state index in [1.807, 2.05) is 6.07 Å². The number of carbonyl (C=O) groups is 2. The average molecular weight is 359 g/mol. The van der Waals surface area contributed by atoms with Gasteiger partial charge in [0.15, 0.2) is 29.6 Å². The van der Waals surface area contributed by atoms with E-state index in [2.05, 4.69) is 5.32 Å². The molecule has 2 aromatic carbocycles. The highest BCUT2D eigenvalue weighted by Crippen LogP contribution is 2.28. The molecule has 7 nitrogen and oxygen atoms in total. The van der Waals surface area contributed by atoms with Crippen molar-refractivity contribution in [3.8, 4) is 23.0 Å². The van der Waals surface area contributed by atoms with Gasteiger partial charge in [0.1, 0.15) is 6.29 Å². The first-order valence-corrected chi connectivity index (χ1v) is 7.85. The summed E-state index contributed by atoms with van der Waals surface area (Å²) in [7, 11) is 4.60. The van der Waals surface area contributed by atoms with Gasteiger partial charge in [0, 0.05) is 12.1 Å². The molecule has 0 radical (unpaired) electrons. The van der Waals surface area contributed by atoms with E-state index in [4.69, 9.17) is 18.9 Å². The van der Waals surface area contributed by atoms with Crippen LogP contribution in [0.1, 0.15) is 15.9 Å². The van der Waals surface area contributed by atoms with Crippen LogP contribution in [0.5, 0.6) is 23.0 Å². The predicted octanol–water partition coefficient (Wildman–Crippen LogP) is 2.22. The molecule has 0 aliphatic heterocycles. The minimum absolute atomic E-state index is 0.202. The van der Waals surface area contributed by atoms with Gasteiger partial charge in [0.25, 0.3) is 5.91 Å². The van der Waals surface area contributed by atoms with Crippen molar-refractivity contribution in [2.45, 2.75) is 6.54 Å². The fourth-order valence-corrected chi connectivity index (χ4v) is 2.26. The summed E-state index contributed by atoms with van der Waals surface area (Å²) in [4.78, 5) is 22.9. The van der Waals surface area contributed by atoms with Gasteiger partial charge in [-0.15, -0.1) is 0 Å². The van der Waals surface area contributed by atoms with Crippen molar-refractivity contribution < 1.29 is 28.5 Å². The summed E-state index contributed by atoms with van der Waals surface area (Å²) in [6.45, 7) is 0.111. The van der Waals surface area contributed by atoms with E-state index < -0.39 is 0 Å². The van der Waals surface area contributed by atoms with Crippen LogP contribution in [0.3, 0.4) is 0 Å². The zero-order valence-electron chi connectivity index (χ0n) is 14.9. The Bertz CT molecular complexity index is 775. The Kier molecular flexibility index (Phi) is 6.84. The summed E-state index contributed by atoms with van der Waals surface area (Å²) < 4.78 is 21.0. The maximum atomic E-state index is 12.0. The van der Waals surface area contributed by atoms with Crippen LogP contribution < -0.4 is 24.3 Å². The lowest BCUT2D eigenvalue weighted by atomic mass is 10.2. The van der Waals surface area contributed by atoms with E-state index in [1.165, 1.54) is 13.2 Å². The van der Waals surface area contributed by atoms with Crippen molar-refractivity contribution in [2.24, 2.45) is 0 Å². The second-order valence-electron chi connectivity index (χ2n) is 5.28. The number of hydrogen-bond acceptors (Lipinski definition) is 6. The number of nitrogens with one attached hydrogen (secondary N) is 1. The van der Waals surface area contributed by atoms with Crippen molar-refractivity contribution >= 4 is 12.2 Å². The van der Waals surface area contributed by atoms with Gasteiger partial charge in [-0.1, -0.05) is 6.07 Å². The zero-order valence-corrected chi connectivity index (χ0v) is 14.9. The Balaban J connectivity index is 1.92. The Hall–Kier alpha value is -3.22. The van der Waals surface area contributed by atoms with Gasteiger partial charge in [-0.2, -0.15) is 0 Å². The average Bonchev–Trinajstić information content (AvgIpc) is 2.69. The molecular weight excluding hydrogens is 338 g/mol. The van der Waals surface area contributed by atoms with Gasteiger partial charge in [0.05, 0.1) is 21.3 Å². The first-order valence-electron chi connectivity index (χ1n) is 7.85. The number of aldehydes is 1. The molecule has 0 atom stereocenters. The summed E-state index contributed by atoms with van der Waals surface area (Å²) in [6, 6.07) is 10.1. The van der Waals surface area contributed by atoms with E-state index in [1.54, 1.807) is 38.5 Å². The highest BCUT2D eigenvalue weighted by atomic mass is 16.5. The van der Waals surface area contributed by atoms with E-state index >= 15 is 0 Å². The van der Waals surface area contributed by atoms with Crippen LogP contribution in [0.4, 0.5) is 0 Å². The minimum Gasteiger partial charge on any atom is -0.493 e. The van der Waals surface area contributed by atoms with Gasteiger partial charge in [-0.3, -0.25) is 9.59 Å². The third-order valence-electron chi connectivity index (χ3n) is 3.62. The topological polar surface area (TPSA) is 83.1 Å². The fraction of sp³-hybridized carbons (Fsp3) is 0.263. The van der Waals surface area contributed by atoms with E-state index in [9.17, 15) is 9.59 Å². The molecule has 1 N–H and O–H groups in total. The first-order chi connectivity index (χ1) is 12.6. The number of amides is 1. The molecule has 0 aliphatic rings. The number of ether oxygens (including phenoxy) is 4. The third kappa shape index (κ3) is 4.89. The monoisotopic (exact) mass is 359 g/mol. The van der Waals surface area contributed by atoms with Gasteiger partial charge < -0.3 is 24.3 Å². The summed E-state index contributed by atoms with van der Waals surface area (Å²) >= 11 is 0. The second kappa shape index (κ2) is 9.31. The highest BCUT2D eigenvalue weighted by molar-refractivity contribution is 5.78. The van der Waals surface area contributed by atoms with E-state index in [-0.39, 0.29) is 12.5 Å². The summed E-state index contributed by atoms with van der Waals surface area (Å²) in [5, 5.41) is 2.75. The van der Waals surface area contributed by atoms with Crippen molar-refractivity contribution in [3.05, 3.63) is 47.5 Å². The number of methoxy groups -OCH3 is 3. The number of rotatable bonds is 9. The molecule has 0 saturated carbocycles. The van der Waals surface area contributed by atoms with Crippen LogP contribution in [0.2, 0.25) is 0 Å². The molecule has 1 amide bonds. The number of hydrogen-bond donors (Lipinski definition) is 1. The smallest absolute Gasteiger partial charge is 0.258 e. The van der Waals surface area contributed by atoms with E-state index in [0.29, 0.717) is 41.4 Å². The molecule has 26 heavy (non-hydrogen) atoms. The summed E-state index contributed by atoms with van der Waals surface area (Å²) in [6.07, 6.45) is 0.698. The molecule has 0 aromatic heterocycles. The summed E-state index contributed by atoms with van der Waals surface area (Å²) in [5.74, 6) is 1.68. The van der Waals surface area contributed by atoms with Crippen LogP contribution in [0, 0.1) is 0 Å². The predicted molar refractivity (Wildman–Crippen MR) is 95.3 cm³/mol. The molecule has 0 saturated heterocycles. The summed E-state index contributed by atoms with van der Waals surface area (Å²) in [5.41, 5.74) is 1.29. The zero-order chi connectivity index (χ0) is 18.9. The number of benzene rings is 2. The largest absolute Gasteiger partial charge is 0.493 e. The maximum absolute atomic E-state index is 12.0. The lowest BCUT2D eigenvalue weighted by Gasteiger charge is -2.12. The maximum Gasteiger partial charge on any atom is 0.258 e. The van der Waals surface area contributed by atoms with Crippen LogP contribution in [0.15, 0.2) is 36.4 Å². The molecule has 7 heteroatoms. The molecule has 138 valence electrons. The Morgan fingerprint density at radius 1 is 0.923 bits per heavy atom. The van der Waals surface area contributed by atoms with Gasteiger partial charge in [0.2, 0.25) is 0 Å². The first kappa shape index (κ1) is 19.1. The SMILES string of the molecule is COc1ccc(CNC(=O)COc2cc(C=O)ccc2OC)cc1OC. The molecule has 0 fully saturated rings. The Morgan fingerprint density at radius 3 is 2.23 bits per heavy atom. The molecule has 0 bridgehead atoms. The van der Waals surface area contributed by atoms with Crippen molar-refractivity contribution in [1.82, 2.24) is 5.32 Å². The van der Waals surface area contributed by atoms with Gasteiger partial charge in [-0.25, -0.2) is 0 Å². The Labute approximate surface area is 151 Å². The third-order valence-corrected chi connectivity index (χ3v) is 3.62. The van der Waals surface area contributed by atoms with Crippen molar-refractivity contribution in [3.63, 3.8) is 0 Å². The van der Waals surface area contributed by atoms with Crippen LogP contribution in [0.25, 0.3) is 0 Å². The Morgan fingerprint density at radius 2 is 1.58 bits per heavy atom. The quantitative estimate of drug-likeness (QED) is 0.691. The van der Waals surface area contributed by atoms with Crippen molar-refractivity contribution in [1.29, 1.82) is 0 Å². The molecule has 0 heterocycles.